The van der Waals surface area contributed by atoms with Gasteiger partial charge in [0.2, 0.25) is 0 Å². The molecule has 4 heteroatoms. The summed E-state index contributed by atoms with van der Waals surface area (Å²) in [5.41, 5.74) is 1.77. The lowest BCUT2D eigenvalue weighted by molar-refractivity contribution is 0.0942. The monoisotopic (exact) mass is 304 g/mol. The lowest BCUT2D eigenvalue weighted by Crippen LogP contribution is -2.12. The maximum absolute atomic E-state index is 12.0. The van der Waals surface area contributed by atoms with Crippen LogP contribution in [0.3, 0.4) is 0 Å². The molecular formula is C11H10BrClOS. The van der Waals surface area contributed by atoms with Crippen LogP contribution in [-0.4, -0.2) is 11.5 Å². The molecule has 1 atom stereocenters. The van der Waals surface area contributed by atoms with E-state index in [2.05, 4.69) is 15.9 Å². The van der Waals surface area contributed by atoms with E-state index in [1.54, 1.807) is 11.8 Å². The zero-order valence-corrected chi connectivity index (χ0v) is 11.4. The molecule has 0 N–H and O–H groups in total. The number of benzene rings is 1. The van der Waals surface area contributed by atoms with Gasteiger partial charge in [0.05, 0.1) is 0 Å². The van der Waals surface area contributed by atoms with Crippen molar-refractivity contribution in [2.45, 2.75) is 12.7 Å². The molecule has 80 valence electrons. The highest BCUT2D eigenvalue weighted by Gasteiger charge is 2.24. The van der Waals surface area contributed by atoms with Crippen molar-refractivity contribution in [1.29, 1.82) is 0 Å². The lowest BCUT2D eigenvalue weighted by Gasteiger charge is -2.09. The second-order valence-corrected chi connectivity index (χ2v) is 6.05. The third-order valence-corrected chi connectivity index (χ3v) is 4.51. The molecule has 1 aromatic rings. The first-order chi connectivity index (χ1) is 7.09. The van der Waals surface area contributed by atoms with Crippen molar-refractivity contribution in [3.05, 3.63) is 32.8 Å². The molecule has 0 saturated carbocycles. The van der Waals surface area contributed by atoms with Gasteiger partial charge in [-0.15, -0.1) is 0 Å². The topological polar surface area (TPSA) is 17.1 Å². The average Bonchev–Trinajstić information content (AvgIpc) is 2.30. The molecule has 1 unspecified atom stereocenters. The predicted molar refractivity (Wildman–Crippen MR) is 68.8 cm³/mol. The van der Waals surface area contributed by atoms with Crippen LogP contribution in [0.25, 0.3) is 0 Å². The van der Waals surface area contributed by atoms with Crippen LogP contribution in [-0.2, 0) is 5.75 Å². The summed E-state index contributed by atoms with van der Waals surface area (Å²) in [4.78, 5) is 12.0. The van der Waals surface area contributed by atoms with Crippen LogP contribution in [0.4, 0.5) is 0 Å². The van der Waals surface area contributed by atoms with Crippen LogP contribution < -0.4 is 0 Å². The second kappa shape index (κ2) is 4.48. The summed E-state index contributed by atoms with van der Waals surface area (Å²) in [5, 5.41) is 0.689. The van der Waals surface area contributed by atoms with Gasteiger partial charge in [-0.05, 0) is 17.7 Å². The summed E-state index contributed by atoms with van der Waals surface area (Å²) in [7, 11) is 0. The minimum absolute atomic E-state index is 0.0848. The molecule has 1 aromatic carbocycles. The fourth-order valence-electron chi connectivity index (χ4n) is 1.65. The zero-order chi connectivity index (χ0) is 11.0. The fraction of sp³-hybridized carbons (Fsp3) is 0.364. The van der Waals surface area contributed by atoms with Crippen LogP contribution in [0.15, 0.2) is 16.6 Å². The predicted octanol–water partition coefficient (Wildman–Crippen LogP) is 4.17. The number of hydrogen-bond donors (Lipinski definition) is 0. The third kappa shape index (κ3) is 2.24. The maximum Gasteiger partial charge on any atom is 0.166 e. The molecule has 0 amide bonds. The molecule has 0 saturated heterocycles. The number of halogens is 2. The van der Waals surface area contributed by atoms with Crippen LogP contribution in [0.1, 0.15) is 22.8 Å². The Kier molecular flexibility index (Phi) is 3.43. The van der Waals surface area contributed by atoms with Gasteiger partial charge in [-0.25, -0.2) is 0 Å². The van der Waals surface area contributed by atoms with Crippen LogP contribution >= 0.6 is 39.3 Å². The van der Waals surface area contributed by atoms with Gasteiger partial charge in [0.1, 0.15) is 0 Å². The van der Waals surface area contributed by atoms with E-state index in [4.69, 9.17) is 11.6 Å². The van der Waals surface area contributed by atoms with E-state index in [0.29, 0.717) is 5.02 Å². The van der Waals surface area contributed by atoms with Gasteiger partial charge in [-0.2, -0.15) is 11.8 Å². The molecule has 0 aromatic heterocycles. The van der Waals surface area contributed by atoms with E-state index in [9.17, 15) is 4.79 Å². The van der Waals surface area contributed by atoms with Gasteiger partial charge in [0, 0.05) is 32.5 Å². The minimum atomic E-state index is 0.0848. The Morgan fingerprint density at radius 1 is 1.53 bits per heavy atom. The number of hydrogen-bond acceptors (Lipinski definition) is 2. The van der Waals surface area contributed by atoms with Crippen molar-refractivity contribution in [1.82, 2.24) is 0 Å². The molecular weight excluding hydrogens is 296 g/mol. The van der Waals surface area contributed by atoms with Gasteiger partial charge >= 0.3 is 0 Å². The molecule has 0 fully saturated rings. The largest absolute Gasteiger partial charge is 0.294 e. The summed E-state index contributed by atoms with van der Waals surface area (Å²) >= 11 is 11.3. The van der Waals surface area contributed by atoms with E-state index >= 15 is 0 Å². The van der Waals surface area contributed by atoms with Gasteiger partial charge in [0.15, 0.2) is 5.78 Å². The van der Waals surface area contributed by atoms with Gasteiger partial charge in [-0.3, -0.25) is 4.79 Å². The third-order valence-electron chi connectivity index (χ3n) is 2.49. The van der Waals surface area contributed by atoms with Crippen molar-refractivity contribution < 1.29 is 4.79 Å². The number of carbonyl (C=O) groups excluding carboxylic acids is 1. The Hall–Kier alpha value is 0.01000. The van der Waals surface area contributed by atoms with Crippen molar-refractivity contribution >= 4 is 45.1 Å². The Labute approximate surface area is 107 Å². The van der Waals surface area contributed by atoms with Crippen LogP contribution in [0, 0.1) is 5.92 Å². The smallest absolute Gasteiger partial charge is 0.166 e. The molecule has 0 aliphatic carbocycles. The maximum atomic E-state index is 12.0. The Morgan fingerprint density at radius 3 is 3.00 bits per heavy atom. The minimum Gasteiger partial charge on any atom is -0.294 e. The van der Waals surface area contributed by atoms with Crippen molar-refractivity contribution in [3.8, 4) is 0 Å². The molecule has 0 radical (unpaired) electrons. The van der Waals surface area contributed by atoms with E-state index in [1.807, 2.05) is 19.1 Å². The van der Waals surface area contributed by atoms with Crippen LogP contribution in [0.5, 0.6) is 0 Å². The van der Waals surface area contributed by atoms with Gasteiger partial charge < -0.3 is 0 Å². The Balaban J connectivity index is 2.58. The summed E-state index contributed by atoms with van der Waals surface area (Å²) in [5.74, 6) is 2.00. The summed E-state index contributed by atoms with van der Waals surface area (Å²) in [6, 6.07) is 3.73. The highest BCUT2D eigenvalue weighted by Crippen LogP contribution is 2.33. The Morgan fingerprint density at radius 2 is 2.27 bits per heavy atom. The number of carbonyl (C=O) groups is 1. The number of rotatable bonds is 0. The zero-order valence-electron chi connectivity index (χ0n) is 8.22. The normalized spacial score (nSPS) is 21.0. The quantitative estimate of drug-likeness (QED) is 0.715. The molecule has 15 heavy (non-hydrogen) atoms. The fourth-order valence-corrected chi connectivity index (χ4v) is 3.74. The standard InChI is InChI=1S/C11H10BrClOS/c1-6-4-15-5-9-8(11(6)14)2-7(12)3-10(9)13/h2-3,6H,4-5H2,1H3. The number of fused-ring (bicyclic) bond motifs is 1. The first kappa shape index (κ1) is 11.5. The molecule has 1 aliphatic heterocycles. The molecule has 1 heterocycles. The lowest BCUT2D eigenvalue weighted by atomic mass is 9.97. The number of Topliss-reactive ketones (excluding diaryl/α,β-unsaturated/α-hetero) is 1. The molecule has 2 rings (SSSR count). The van der Waals surface area contributed by atoms with E-state index < -0.39 is 0 Å². The molecule has 1 nitrogen and oxygen atoms in total. The first-order valence-electron chi connectivity index (χ1n) is 4.69. The van der Waals surface area contributed by atoms with E-state index in [-0.39, 0.29) is 11.7 Å². The molecule has 0 spiro atoms. The summed E-state index contributed by atoms with van der Waals surface area (Å²) in [6.45, 7) is 1.97. The van der Waals surface area contributed by atoms with E-state index in [0.717, 1.165) is 27.1 Å². The highest BCUT2D eigenvalue weighted by atomic mass is 79.9. The SMILES string of the molecule is CC1CSCc2c(Cl)cc(Br)cc2C1=O. The van der Waals surface area contributed by atoms with Crippen molar-refractivity contribution in [2.75, 3.05) is 5.75 Å². The molecule has 0 bridgehead atoms. The number of thioether (sulfide) groups is 1. The average molecular weight is 306 g/mol. The Bertz CT molecular complexity index is 419. The van der Waals surface area contributed by atoms with Crippen molar-refractivity contribution in [3.63, 3.8) is 0 Å². The van der Waals surface area contributed by atoms with Gasteiger partial charge in [0.25, 0.3) is 0 Å². The summed E-state index contributed by atoms with van der Waals surface area (Å²) < 4.78 is 0.874. The highest BCUT2D eigenvalue weighted by molar-refractivity contribution is 9.10. The molecule has 1 aliphatic rings. The van der Waals surface area contributed by atoms with E-state index in [1.165, 1.54) is 0 Å². The van der Waals surface area contributed by atoms with Crippen LogP contribution in [0.2, 0.25) is 5.02 Å². The summed E-state index contributed by atoms with van der Waals surface area (Å²) in [6.07, 6.45) is 0. The van der Waals surface area contributed by atoms with Crippen molar-refractivity contribution in [2.24, 2.45) is 5.92 Å². The second-order valence-electron chi connectivity index (χ2n) is 3.69. The number of ketones is 1. The first-order valence-corrected chi connectivity index (χ1v) is 7.02. The van der Waals surface area contributed by atoms with Gasteiger partial charge in [-0.1, -0.05) is 34.5 Å².